The fourth-order valence-electron chi connectivity index (χ4n) is 3.30. The first kappa shape index (κ1) is 19.0. The van der Waals surface area contributed by atoms with Crippen molar-refractivity contribution >= 4 is 11.9 Å². The van der Waals surface area contributed by atoms with Gasteiger partial charge in [-0.1, -0.05) is 6.42 Å². The zero-order valence-corrected chi connectivity index (χ0v) is 15.6. The van der Waals surface area contributed by atoms with Crippen LogP contribution in [0.25, 0.3) is 0 Å². The highest BCUT2D eigenvalue weighted by atomic mass is 16.2. The summed E-state index contributed by atoms with van der Waals surface area (Å²) in [6, 6.07) is 1.13. The van der Waals surface area contributed by atoms with Crippen molar-refractivity contribution < 1.29 is 4.79 Å². The average Bonchev–Trinajstić information content (AvgIpc) is 3.41. The van der Waals surface area contributed by atoms with Gasteiger partial charge in [0.1, 0.15) is 0 Å². The Morgan fingerprint density at radius 3 is 2.58 bits per heavy atom. The summed E-state index contributed by atoms with van der Waals surface area (Å²) in [4.78, 5) is 18.9. The Balaban J connectivity index is 1.71. The van der Waals surface area contributed by atoms with E-state index in [1.165, 1.54) is 25.8 Å². The molecule has 1 heterocycles. The maximum Gasteiger partial charge on any atom is 0.223 e. The Morgan fingerprint density at radius 2 is 1.92 bits per heavy atom. The summed E-state index contributed by atoms with van der Waals surface area (Å²) in [6.45, 7) is 10.9. The van der Waals surface area contributed by atoms with Crippen molar-refractivity contribution in [3.8, 4) is 0 Å². The highest BCUT2D eigenvalue weighted by Gasteiger charge is 2.29. The van der Waals surface area contributed by atoms with E-state index in [2.05, 4.69) is 41.6 Å². The second-order valence-corrected chi connectivity index (χ2v) is 7.14. The van der Waals surface area contributed by atoms with Crippen molar-refractivity contribution in [3.63, 3.8) is 0 Å². The predicted molar refractivity (Wildman–Crippen MR) is 99.2 cm³/mol. The summed E-state index contributed by atoms with van der Waals surface area (Å²) < 4.78 is 0. The van der Waals surface area contributed by atoms with Gasteiger partial charge in [0.15, 0.2) is 5.96 Å². The standard InChI is InChI=1S/C18H35N5O/c1-4-19-18(21-11-10-20-17(24)16-8-9-16)22-13-15(3)23-12-6-5-7-14(23)2/h14-16H,4-13H2,1-3H3,(H,20,24)(H2,19,21,22). The Kier molecular flexibility index (Phi) is 7.82. The average molecular weight is 338 g/mol. The minimum Gasteiger partial charge on any atom is -0.357 e. The van der Waals surface area contributed by atoms with Gasteiger partial charge in [-0.3, -0.25) is 14.7 Å². The highest BCUT2D eigenvalue weighted by molar-refractivity contribution is 5.81. The van der Waals surface area contributed by atoms with Crippen molar-refractivity contribution in [2.75, 3.05) is 32.7 Å². The fourth-order valence-corrected chi connectivity index (χ4v) is 3.30. The maximum atomic E-state index is 11.6. The summed E-state index contributed by atoms with van der Waals surface area (Å²) in [7, 11) is 0. The number of amides is 1. The van der Waals surface area contributed by atoms with Crippen molar-refractivity contribution in [2.45, 2.75) is 65.0 Å². The van der Waals surface area contributed by atoms with Crippen LogP contribution in [-0.2, 0) is 4.79 Å². The molecule has 2 aliphatic rings. The molecule has 2 unspecified atom stereocenters. The van der Waals surface area contributed by atoms with Crippen LogP contribution < -0.4 is 16.0 Å². The van der Waals surface area contributed by atoms with E-state index in [9.17, 15) is 4.79 Å². The number of carbonyl (C=O) groups is 1. The number of likely N-dealkylation sites (tertiary alicyclic amines) is 1. The van der Waals surface area contributed by atoms with Crippen LogP contribution >= 0.6 is 0 Å². The molecule has 1 amide bonds. The van der Waals surface area contributed by atoms with Gasteiger partial charge in [0, 0.05) is 37.6 Å². The maximum absolute atomic E-state index is 11.6. The smallest absolute Gasteiger partial charge is 0.223 e. The van der Waals surface area contributed by atoms with Crippen molar-refractivity contribution in [3.05, 3.63) is 0 Å². The van der Waals surface area contributed by atoms with Gasteiger partial charge in [0.2, 0.25) is 5.91 Å². The summed E-state index contributed by atoms with van der Waals surface area (Å²) in [5.41, 5.74) is 0. The van der Waals surface area contributed by atoms with E-state index >= 15 is 0 Å². The van der Waals surface area contributed by atoms with Gasteiger partial charge in [0.05, 0.1) is 6.54 Å². The third-order valence-electron chi connectivity index (χ3n) is 4.94. The number of carbonyl (C=O) groups excluding carboxylic acids is 1. The number of hydrogen-bond donors (Lipinski definition) is 3. The molecule has 24 heavy (non-hydrogen) atoms. The van der Waals surface area contributed by atoms with Gasteiger partial charge in [-0.05, 0) is 53.0 Å². The fraction of sp³-hybridized carbons (Fsp3) is 0.889. The van der Waals surface area contributed by atoms with Gasteiger partial charge in [-0.25, -0.2) is 0 Å². The minimum atomic E-state index is 0.200. The molecule has 2 atom stereocenters. The van der Waals surface area contributed by atoms with Crippen LogP contribution in [0.4, 0.5) is 0 Å². The molecule has 0 aromatic heterocycles. The molecule has 2 fully saturated rings. The monoisotopic (exact) mass is 337 g/mol. The third-order valence-corrected chi connectivity index (χ3v) is 4.94. The molecule has 3 N–H and O–H groups in total. The molecule has 6 nitrogen and oxygen atoms in total. The summed E-state index contributed by atoms with van der Waals surface area (Å²) in [5.74, 6) is 1.32. The van der Waals surface area contributed by atoms with Gasteiger partial charge in [0.25, 0.3) is 0 Å². The first-order valence-electron chi connectivity index (χ1n) is 9.67. The van der Waals surface area contributed by atoms with Crippen LogP contribution in [0.1, 0.15) is 52.9 Å². The van der Waals surface area contributed by atoms with Gasteiger partial charge in [-0.15, -0.1) is 0 Å². The molecule has 1 aliphatic carbocycles. The van der Waals surface area contributed by atoms with E-state index in [4.69, 9.17) is 4.99 Å². The lowest BCUT2D eigenvalue weighted by atomic mass is 10.0. The molecule has 1 aliphatic heterocycles. The van der Waals surface area contributed by atoms with Crippen LogP contribution in [0, 0.1) is 5.92 Å². The third kappa shape index (κ3) is 6.30. The zero-order chi connectivity index (χ0) is 17.4. The van der Waals surface area contributed by atoms with Crippen molar-refractivity contribution in [1.29, 1.82) is 0 Å². The van der Waals surface area contributed by atoms with Crippen LogP contribution in [0.5, 0.6) is 0 Å². The summed E-state index contributed by atoms with van der Waals surface area (Å²) in [6.07, 6.45) is 6.06. The SMILES string of the molecule is CCNC(=NCC(C)N1CCCCC1C)NCCNC(=O)C1CC1. The number of guanidine groups is 1. The molecular weight excluding hydrogens is 302 g/mol. The van der Waals surface area contributed by atoms with Crippen LogP contribution in [0.15, 0.2) is 4.99 Å². The number of piperidine rings is 1. The quantitative estimate of drug-likeness (QED) is 0.355. The molecule has 1 saturated heterocycles. The molecule has 6 heteroatoms. The summed E-state index contributed by atoms with van der Waals surface area (Å²) in [5, 5.41) is 9.57. The van der Waals surface area contributed by atoms with Crippen LogP contribution in [0.2, 0.25) is 0 Å². The Morgan fingerprint density at radius 1 is 1.17 bits per heavy atom. The van der Waals surface area contributed by atoms with E-state index in [0.29, 0.717) is 25.2 Å². The number of rotatable bonds is 8. The summed E-state index contributed by atoms with van der Waals surface area (Å²) >= 11 is 0. The zero-order valence-electron chi connectivity index (χ0n) is 15.6. The topological polar surface area (TPSA) is 68.8 Å². The molecule has 2 rings (SSSR count). The molecule has 0 bridgehead atoms. The molecule has 0 radical (unpaired) electrons. The lowest BCUT2D eigenvalue weighted by Crippen LogP contribution is -2.46. The van der Waals surface area contributed by atoms with Gasteiger partial charge >= 0.3 is 0 Å². The molecule has 0 spiro atoms. The molecule has 0 aromatic rings. The number of nitrogens with zero attached hydrogens (tertiary/aromatic N) is 2. The van der Waals surface area contributed by atoms with E-state index in [1.807, 2.05) is 0 Å². The first-order valence-corrected chi connectivity index (χ1v) is 9.67. The molecule has 138 valence electrons. The second kappa shape index (κ2) is 9.87. The first-order chi connectivity index (χ1) is 11.6. The predicted octanol–water partition coefficient (Wildman–Crippen LogP) is 1.33. The van der Waals surface area contributed by atoms with E-state index < -0.39 is 0 Å². The van der Waals surface area contributed by atoms with Crippen molar-refractivity contribution in [2.24, 2.45) is 10.9 Å². The Bertz CT molecular complexity index is 422. The number of aliphatic imine (C=N–C) groups is 1. The number of hydrogen-bond acceptors (Lipinski definition) is 3. The van der Waals surface area contributed by atoms with Gasteiger partial charge in [-0.2, -0.15) is 0 Å². The largest absolute Gasteiger partial charge is 0.357 e. The molecule has 1 saturated carbocycles. The molecule has 0 aromatic carbocycles. The second-order valence-electron chi connectivity index (χ2n) is 7.14. The van der Waals surface area contributed by atoms with Crippen molar-refractivity contribution in [1.82, 2.24) is 20.9 Å². The normalized spacial score (nSPS) is 23.6. The van der Waals surface area contributed by atoms with Crippen LogP contribution in [-0.4, -0.2) is 61.6 Å². The highest BCUT2D eigenvalue weighted by Crippen LogP contribution is 2.28. The van der Waals surface area contributed by atoms with E-state index in [-0.39, 0.29) is 11.8 Å². The lowest BCUT2D eigenvalue weighted by molar-refractivity contribution is -0.122. The Hall–Kier alpha value is -1.30. The Labute approximate surface area is 146 Å². The number of nitrogens with one attached hydrogen (secondary N) is 3. The molecular formula is C18H35N5O. The minimum absolute atomic E-state index is 0.200. The van der Waals surface area contributed by atoms with Crippen LogP contribution in [0.3, 0.4) is 0 Å². The van der Waals surface area contributed by atoms with E-state index in [1.54, 1.807) is 0 Å². The van der Waals surface area contributed by atoms with E-state index in [0.717, 1.165) is 31.9 Å². The lowest BCUT2D eigenvalue weighted by Gasteiger charge is -2.37. The van der Waals surface area contributed by atoms with Gasteiger partial charge < -0.3 is 16.0 Å².